The van der Waals surface area contributed by atoms with E-state index in [1.807, 2.05) is 17.3 Å². The topological polar surface area (TPSA) is 65.9 Å². The maximum absolute atomic E-state index is 12.4. The van der Waals surface area contributed by atoms with E-state index in [4.69, 9.17) is 4.74 Å². The van der Waals surface area contributed by atoms with Gasteiger partial charge in [-0.1, -0.05) is 45.0 Å². The normalized spacial score (nSPS) is 20.2. The summed E-state index contributed by atoms with van der Waals surface area (Å²) in [6.07, 6.45) is 5.00. The lowest BCUT2D eigenvalue weighted by atomic mass is 9.62. The largest absolute Gasteiger partial charge is 0.448 e. The van der Waals surface area contributed by atoms with Crippen molar-refractivity contribution in [1.82, 2.24) is 14.8 Å². The van der Waals surface area contributed by atoms with E-state index in [2.05, 4.69) is 81.9 Å². The zero-order valence-electron chi connectivity index (χ0n) is 21.5. The summed E-state index contributed by atoms with van der Waals surface area (Å²) < 4.78 is 5.14. The van der Waals surface area contributed by atoms with Gasteiger partial charge in [-0.3, -0.25) is 9.88 Å². The fourth-order valence-corrected chi connectivity index (χ4v) is 5.70. The maximum Gasteiger partial charge on any atom is 0.410 e. The SMILES string of the molecule is CC(C)c1ccc([C@](O)(c2cncc(CCC(C)(C)N3CCOC3=O)c2)C2(C)CN(C)C2)cc1. The highest BCUT2D eigenvalue weighted by molar-refractivity contribution is 5.70. The number of aromatic nitrogens is 1. The van der Waals surface area contributed by atoms with Gasteiger partial charge in [-0.15, -0.1) is 0 Å². The van der Waals surface area contributed by atoms with Crippen molar-refractivity contribution in [3.05, 3.63) is 65.0 Å². The highest BCUT2D eigenvalue weighted by Gasteiger charge is 2.55. The number of hydrogen-bond donors (Lipinski definition) is 1. The molecule has 1 aromatic carbocycles. The Morgan fingerprint density at radius 2 is 1.82 bits per heavy atom. The number of aliphatic hydroxyl groups is 1. The van der Waals surface area contributed by atoms with Crippen LogP contribution in [0.15, 0.2) is 42.7 Å². The Labute approximate surface area is 203 Å². The minimum absolute atomic E-state index is 0.238. The number of nitrogens with zero attached hydrogens (tertiary/aromatic N) is 3. The Morgan fingerprint density at radius 1 is 1.15 bits per heavy atom. The van der Waals surface area contributed by atoms with Gasteiger partial charge >= 0.3 is 6.09 Å². The molecule has 6 heteroatoms. The molecular weight excluding hydrogens is 426 g/mol. The summed E-state index contributed by atoms with van der Waals surface area (Å²) in [4.78, 5) is 20.7. The van der Waals surface area contributed by atoms with Gasteiger partial charge < -0.3 is 14.7 Å². The van der Waals surface area contributed by atoms with E-state index in [0.717, 1.165) is 42.6 Å². The molecule has 0 aliphatic carbocycles. The Balaban J connectivity index is 1.64. The molecule has 1 aromatic heterocycles. The van der Waals surface area contributed by atoms with Crippen molar-refractivity contribution < 1.29 is 14.6 Å². The van der Waals surface area contributed by atoms with Gasteiger partial charge in [-0.2, -0.15) is 0 Å². The van der Waals surface area contributed by atoms with Gasteiger partial charge in [-0.25, -0.2) is 4.79 Å². The molecule has 0 bridgehead atoms. The fraction of sp³-hybridized carbons (Fsp3) is 0.571. The van der Waals surface area contributed by atoms with Crippen LogP contribution >= 0.6 is 0 Å². The number of hydrogen-bond acceptors (Lipinski definition) is 5. The van der Waals surface area contributed by atoms with Crippen molar-refractivity contribution >= 4 is 6.09 Å². The van der Waals surface area contributed by atoms with Gasteiger partial charge in [0.1, 0.15) is 12.2 Å². The van der Waals surface area contributed by atoms with E-state index >= 15 is 0 Å². The molecule has 0 spiro atoms. The van der Waals surface area contributed by atoms with Gasteiger partial charge in [0.25, 0.3) is 0 Å². The Bertz CT molecular complexity index is 1030. The third kappa shape index (κ3) is 4.34. The molecule has 6 nitrogen and oxygen atoms in total. The maximum atomic E-state index is 12.4. The number of benzene rings is 1. The molecule has 2 aliphatic heterocycles. The first-order chi connectivity index (χ1) is 16.0. The van der Waals surface area contributed by atoms with Crippen LogP contribution in [0.25, 0.3) is 0 Å². The average molecular weight is 466 g/mol. The molecule has 4 rings (SSSR count). The first-order valence-electron chi connectivity index (χ1n) is 12.4. The Hall–Kier alpha value is -2.44. The second-order valence-electron chi connectivity index (χ2n) is 11.4. The summed E-state index contributed by atoms with van der Waals surface area (Å²) in [5.74, 6) is 0.439. The van der Waals surface area contributed by atoms with Crippen molar-refractivity contribution in [2.75, 3.05) is 33.3 Å². The van der Waals surface area contributed by atoms with Crippen LogP contribution in [0.1, 0.15) is 69.2 Å². The van der Waals surface area contributed by atoms with Crippen molar-refractivity contribution in [1.29, 1.82) is 0 Å². The Kier molecular flexibility index (Phi) is 6.51. The van der Waals surface area contributed by atoms with Crippen LogP contribution in [0.5, 0.6) is 0 Å². The number of carbonyl (C=O) groups is 1. The van der Waals surface area contributed by atoms with E-state index in [-0.39, 0.29) is 17.0 Å². The molecule has 0 radical (unpaired) electrons. The van der Waals surface area contributed by atoms with Crippen LogP contribution in [0, 0.1) is 5.41 Å². The third-order valence-corrected chi connectivity index (χ3v) is 7.84. The molecule has 0 unspecified atom stereocenters. The van der Waals surface area contributed by atoms with Crippen molar-refractivity contribution in [3.63, 3.8) is 0 Å². The molecule has 2 fully saturated rings. The number of cyclic esters (lactones) is 1. The summed E-state index contributed by atoms with van der Waals surface area (Å²) in [5, 5.41) is 12.4. The second kappa shape index (κ2) is 8.97. The van der Waals surface area contributed by atoms with Crippen molar-refractivity contribution in [2.24, 2.45) is 5.41 Å². The van der Waals surface area contributed by atoms with E-state index in [1.54, 1.807) is 0 Å². The number of amides is 1. The zero-order valence-corrected chi connectivity index (χ0v) is 21.5. The summed E-state index contributed by atoms with van der Waals surface area (Å²) >= 11 is 0. The summed E-state index contributed by atoms with van der Waals surface area (Å²) in [5.41, 5.74) is 2.28. The molecule has 3 heterocycles. The van der Waals surface area contributed by atoms with Crippen LogP contribution in [0.3, 0.4) is 0 Å². The van der Waals surface area contributed by atoms with E-state index < -0.39 is 5.60 Å². The first kappa shape index (κ1) is 24.7. The van der Waals surface area contributed by atoms with Gasteiger partial charge in [0.05, 0.1) is 6.54 Å². The smallest absolute Gasteiger partial charge is 0.410 e. The van der Waals surface area contributed by atoms with Crippen molar-refractivity contribution in [3.8, 4) is 0 Å². The number of carbonyl (C=O) groups excluding carboxylic acids is 1. The number of aryl methyl sites for hydroxylation is 1. The minimum Gasteiger partial charge on any atom is -0.448 e. The highest BCUT2D eigenvalue weighted by Crippen LogP contribution is 2.50. The lowest BCUT2D eigenvalue weighted by molar-refractivity contribution is -0.127. The molecule has 0 saturated carbocycles. The van der Waals surface area contributed by atoms with Gasteiger partial charge in [0, 0.05) is 42.0 Å². The molecule has 1 N–H and O–H groups in total. The lowest BCUT2D eigenvalue weighted by Gasteiger charge is -2.56. The molecule has 34 heavy (non-hydrogen) atoms. The van der Waals surface area contributed by atoms with Gasteiger partial charge in [-0.05, 0) is 62.4 Å². The summed E-state index contributed by atoms with van der Waals surface area (Å²) in [6, 6.07) is 10.5. The van der Waals surface area contributed by atoms with Crippen LogP contribution in [0.4, 0.5) is 4.79 Å². The third-order valence-electron chi connectivity index (χ3n) is 7.84. The van der Waals surface area contributed by atoms with E-state index in [9.17, 15) is 9.90 Å². The summed E-state index contributed by atoms with van der Waals surface area (Å²) in [7, 11) is 2.09. The number of rotatable bonds is 8. The van der Waals surface area contributed by atoms with Crippen LogP contribution in [-0.2, 0) is 16.8 Å². The fourth-order valence-electron chi connectivity index (χ4n) is 5.70. The minimum atomic E-state index is -1.15. The summed E-state index contributed by atoms with van der Waals surface area (Å²) in [6.45, 7) is 13.4. The van der Waals surface area contributed by atoms with E-state index in [0.29, 0.717) is 19.1 Å². The molecule has 1 amide bonds. The predicted octanol–water partition coefficient (Wildman–Crippen LogP) is 4.56. The highest BCUT2D eigenvalue weighted by atomic mass is 16.6. The second-order valence-corrected chi connectivity index (χ2v) is 11.4. The first-order valence-corrected chi connectivity index (χ1v) is 12.4. The zero-order chi connectivity index (χ0) is 24.7. The van der Waals surface area contributed by atoms with Crippen LogP contribution < -0.4 is 0 Å². The number of ether oxygens (including phenoxy) is 1. The monoisotopic (exact) mass is 465 g/mol. The van der Waals surface area contributed by atoms with Gasteiger partial charge in [0.2, 0.25) is 0 Å². The predicted molar refractivity (Wildman–Crippen MR) is 134 cm³/mol. The standard InChI is InChI=1S/C28H39N3O3/c1-20(2)22-7-9-23(10-8-22)28(33,27(5)18-30(6)19-27)24-15-21(16-29-17-24)11-12-26(3,4)31-13-14-34-25(31)32/h7-10,15-17,20,33H,11-14,18-19H2,1-6H3/t28-/m0/s1. The quantitative estimate of drug-likeness (QED) is 0.619. The Morgan fingerprint density at radius 3 is 2.38 bits per heavy atom. The molecular formula is C28H39N3O3. The number of likely N-dealkylation sites (tertiary alicyclic amines) is 1. The molecule has 184 valence electrons. The molecule has 1 atom stereocenters. The van der Waals surface area contributed by atoms with Crippen LogP contribution in [-0.4, -0.2) is 64.8 Å². The molecule has 2 aromatic rings. The molecule has 2 aliphatic rings. The van der Waals surface area contributed by atoms with Crippen LogP contribution in [0.2, 0.25) is 0 Å². The van der Waals surface area contributed by atoms with Gasteiger partial charge in [0.15, 0.2) is 0 Å². The number of pyridine rings is 1. The lowest BCUT2D eigenvalue weighted by Crippen LogP contribution is -2.63. The molecule has 2 saturated heterocycles. The van der Waals surface area contributed by atoms with Crippen molar-refractivity contribution in [2.45, 2.75) is 64.5 Å². The average Bonchev–Trinajstić information content (AvgIpc) is 3.23. The van der Waals surface area contributed by atoms with E-state index in [1.165, 1.54) is 5.56 Å².